The van der Waals surface area contributed by atoms with Crippen molar-refractivity contribution in [3.63, 3.8) is 0 Å². The molecule has 0 aliphatic heterocycles. The van der Waals surface area contributed by atoms with Crippen molar-refractivity contribution in [3.05, 3.63) is 29.2 Å². The van der Waals surface area contributed by atoms with Crippen LogP contribution in [0, 0.1) is 12.3 Å². The van der Waals surface area contributed by atoms with Crippen LogP contribution in [0.5, 0.6) is 0 Å². The Morgan fingerprint density at radius 2 is 1.40 bits per heavy atom. The van der Waals surface area contributed by atoms with Crippen LogP contribution >= 0.6 is 24.8 Å². The van der Waals surface area contributed by atoms with Crippen LogP contribution in [0.4, 0.5) is 0 Å². The first kappa shape index (κ1) is 21.1. The van der Waals surface area contributed by atoms with E-state index < -0.39 is 0 Å². The molecule has 0 atom stereocenters. The van der Waals surface area contributed by atoms with Gasteiger partial charge in [0.15, 0.2) is 0 Å². The van der Waals surface area contributed by atoms with Gasteiger partial charge in [-0.3, -0.25) is 0 Å². The molecule has 15 heavy (non-hydrogen) atoms. The summed E-state index contributed by atoms with van der Waals surface area (Å²) >= 11 is 0. The molecule has 0 fully saturated rings. The maximum Gasteiger partial charge on any atom is 0.00472 e. The van der Waals surface area contributed by atoms with Crippen LogP contribution in [0.3, 0.4) is 0 Å². The fourth-order valence-corrected chi connectivity index (χ4v) is 2.17. The molecular formula is C12H21Cl2Ti-. The molecule has 0 nitrogen and oxygen atoms in total. The summed E-state index contributed by atoms with van der Waals surface area (Å²) in [7, 11) is 0. The largest absolute Gasteiger partial charge is 0.339 e. The van der Waals surface area contributed by atoms with Crippen molar-refractivity contribution in [2.75, 3.05) is 0 Å². The normalized spacial score (nSPS) is 18.0. The molecule has 0 saturated carbocycles. The van der Waals surface area contributed by atoms with Gasteiger partial charge in [-0.15, -0.1) is 24.8 Å². The number of hydrogen-bond acceptors (Lipinski definition) is 0. The predicted octanol–water partition coefficient (Wildman–Crippen LogP) is 4.74. The van der Waals surface area contributed by atoms with E-state index in [1.807, 2.05) is 0 Å². The summed E-state index contributed by atoms with van der Waals surface area (Å²) in [5.74, 6) is 0. The quantitative estimate of drug-likeness (QED) is 0.481. The third-order valence-corrected chi connectivity index (χ3v) is 3.52. The van der Waals surface area contributed by atoms with Crippen molar-refractivity contribution in [1.29, 1.82) is 0 Å². The van der Waals surface area contributed by atoms with Crippen molar-refractivity contribution in [1.82, 2.24) is 0 Å². The van der Waals surface area contributed by atoms with E-state index >= 15 is 0 Å². The van der Waals surface area contributed by atoms with Crippen LogP contribution < -0.4 is 0 Å². The van der Waals surface area contributed by atoms with E-state index in [0.717, 1.165) is 6.42 Å². The van der Waals surface area contributed by atoms with E-state index in [4.69, 9.17) is 0 Å². The van der Waals surface area contributed by atoms with Gasteiger partial charge in [-0.05, 0) is 26.3 Å². The topological polar surface area (TPSA) is 0 Å². The molecule has 3 heteroatoms. The fraction of sp³-hybridized carbons (Fsp3) is 0.583. The van der Waals surface area contributed by atoms with Crippen molar-refractivity contribution in [3.8, 4) is 0 Å². The van der Waals surface area contributed by atoms with E-state index in [9.17, 15) is 0 Å². The van der Waals surface area contributed by atoms with E-state index in [2.05, 4.69) is 41.5 Å². The van der Waals surface area contributed by atoms with Gasteiger partial charge in [0.2, 0.25) is 0 Å². The maximum absolute atomic E-state index is 4.00. The van der Waals surface area contributed by atoms with Crippen LogP contribution in [-0.4, -0.2) is 0 Å². The first-order valence-electron chi connectivity index (χ1n) is 4.60. The summed E-state index contributed by atoms with van der Waals surface area (Å²) in [5.41, 5.74) is 6.22. The molecular weight excluding hydrogens is 263 g/mol. The molecule has 0 amide bonds. The van der Waals surface area contributed by atoms with E-state index in [1.165, 1.54) is 22.3 Å². The van der Waals surface area contributed by atoms with Gasteiger partial charge in [0, 0.05) is 27.1 Å². The molecule has 0 saturated heterocycles. The SMILES string of the molecule is Cl.Cl.[CH2-]CC1=C(C)C(C)=C(C)C1(C)C.[Ti]. The van der Waals surface area contributed by atoms with Crippen LogP contribution in [-0.2, 0) is 21.7 Å². The fourth-order valence-electron chi connectivity index (χ4n) is 2.17. The minimum atomic E-state index is 0. The summed E-state index contributed by atoms with van der Waals surface area (Å²) in [6.07, 6.45) is 0.938. The summed E-state index contributed by atoms with van der Waals surface area (Å²) in [6.45, 7) is 15.3. The molecule has 0 aromatic heterocycles. The number of allylic oxidation sites excluding steroid dienone is 4. The van der Waals surface area contributed by atoms with Gasteiger partial charge in [0.1, 0.15) is 0 Å². The Morgan fingerprint density at radius 3 is 1.53 bits per heavy atom. The number of halogens is 2. The number of hydrogen-bond donors (Lipinski definition) is 0. The minimum absolute atomic E-state index is 0. The monoisotopic (exact) mass is 283 g/mol. The van der Waals surface area contributed by atoms with Crippen molar-refractivity contribution in [2.45, 2.75) is 41.0 Å². The zero-order valence-electron chi connectivity index (χ0n) is 10.2. The summed E-state index contributed by atoms with van der Waals surface area (Å²) in [4.78, 5) is 0. The second-order valence-corrected chi connectivity index (χ2v) is 4.23. The summed E-state index contributed by atoms with van der Waals surface area (Å²) in [6, 6.07) is 0. The van der Waals surface area contributed by atoms with E-state index in [1.54, 1.807) is 0 Å². The van der Waals surface area contributed by atoms with Gasteiger partial charge in [-0.2, -0.15) is 6.42 Å². The Kier molecular flexibility index (Phi) is 10.1. The molecule has 1 aliphatic rings. The zero-order valence-corrected chi connectivity index (χ0v) is 13.4. The third-order valence-electron chi connectivity index (χ3n) is 3.52. The molecule has 1 rings (SSSR count). The molecule has 0 N–H and O–H groups in total. The summed E-state index contributed by atoms with van der Waals surface area (Å²) < 4.78 is 0. The molecule has 0 spiro atoms. The molecule has 0 radical (unpaired) electrons. The molecule has 88 valence electrons. The number of rotatable bonds is 1. The Bertz CT molecular complexity index is 275. The molecule has 0 aromatic rings. The molecule has 1 aliphatic carbocycles. The molecule has 0 heterocycles. The van der Waals surface area contributed by atoms with Gasteiger partial charge in [0.25, 0.3) is 0 Å². The molecule has 0 bridgehead atoms. The minimum Gasteiger partial charge on any atom is -0.339 e. The van der Waals surface area contributed by atoms with Crippen molar-refractivity contribution in [2.24, 2.45) is 5.41 Å². The van der Waals surface area contributed by atoms with Gasteiger partial charge >= 0.3 is 0 Å². The van der Waals surface area contributed by atoms with Gasteiger partial charge in [-0.25, -0.2) is 0 Å². The Balaban J connectivity index is -0.000000480. The zero-order chi connectivity index (χ0) is 9.52. The standard InChI is InChI=1S/C12H19.2ClH.Ti/c1-7-11-9(3)8(2)10(4)12(11,5)6;;;/h1,7H2,2-6H3;2*1H;/q-1;;;. The van der Waals surface area contributed by atoms with Crippen LogP contribution in [0.1, 0.15) is 41.0 Å². The van der Waals surface area contributed by atoms with Crippen molar-refractivity contribution < 1.29 is 21.7 Å². The van der Waals surface area contributed by atoms with Crippen LogP contribution in [0.25, 0.3) is 0 Å². The Labute approximate surface area is 122 Å². The summed E-state index contributed by atoms with van der Waals surface area (Å²) in [5, 5.41) is 0. The predicted molar refractivity (Wildman–Crippen MR) is 69.3 cm³/mol. The van der Waals surface area contributed by atoms with E-state index in [0.29, 0.717) is 0 Å². The van der Waals surface area contributed by atoms with Gasteiger partial charge < -0.3 is 6.92 Å². The van der Waals surface area contributed by atoms with Crippen molar-refractivity contribution >= 4 is 24.8 Å². The first-order chi connectivity index (χ1) is 5.42. The van der Waals surface area contributed by atoms with Crippen LogP contribution in [0.2, 0.25) is 0 Å². The second-order valence-electron chi connectivity index (χ2n) is 4.23. The van der Waals surface area contributed by atoms with Gasteiger partial charge in [-0.1, -0.05) is 30.6 Å². The molecule has 0 aromatic carbocycles. The van der Waals surface area contributed by atoms with Crippen LogP contribution in [0.15, 0.2) is 22.3 Å². The average Bonchev–Trinajstić information content (AvgIpc) is 2.13. The Hall–Kier alpha value is 0.774. The first-order valence-corrected chi connectivity index (χ1v) is 4.60. The average molecular weight is 284 g/mol. The second kappa shape index (κ2) is 7.17. The Morgan fingerprint density at radius 1 is 1.00 bits per heavy atom. The van der Waals surface area contributed by atoms with E-state index in [-0.39, 0.29) is 51.9 Å². The van der Waals surface area contributed by atoms with Gasteiger partial charge in [0.05, 0.1) is 0 Å². The third kappa shape index (κ3) is 3.36. The maximum atomic E-state index is 4.00. The smallest absolute Gasteiger partial charge is 0.00472 e. The molecule has 0 unspecified atom stereocenters.